The zero-order valence-corrected chi connectivity index (χ0v) is 14.6. The van der Waals surface area contributed by atoms with E-state index in [0.29, 0.717) is 5.92 Å². The SMILES string of the molecule is CC(C)(C)[NH-].CC1=[C-]C(C)C(C)=C1C.[CH3-].[CH3-].[SiH4].[Ti+4]. The van der Waals surface area contributed by atoms with Gasteiger partial charge in [-0.05, 0) is 11.0 Å². The van der Waals surface area contributed by atoms with Crippen molar-refractivity contribution in [3.8, 4) is 0 Å². The Bertz CT molecular complexity index is 256. The summed E-state index contributed by atoms with van der Waals surface area (Å²) in [5.41, 5.74) is 10.9. The minimum atomic E-state index is -0.250. The molecule has 0 heterocycles. The molecular weight excluding hydrogens is 270 g/mol. The summed E-state index contributed by atoms with van der Waals surface area (Å²) in [4.78, 5) is 0. The van der Waals surface area contributed by atoms with Crippen molar-refractivity contribution < 1.29 is 21.7 Å². The molecule has 0 aromatic rings. The largest absolute Gasteiger partial charge is 4.00 e. The second-order valence-corrected chi connectivity index (χ2v) is 5.05. The molecule has 18 heavy (non-hydrogen) atoms. The average molecular weight is 303 g/mol. The van der Waals surface area contributed by atoms with Crippen molar-refractivity contribution in [3.63, 3.8) is 0 Å². The molecule has 1 N–H and O–H groups in total. The van der Waals surface area contributed by atoms with Gasteiger partial charge in [-0.2, -0.15) is 11.1 Å². The van der Waals surface area contributed by atoms with Gasteiger partial charge in [-0.15, -0.1) is 12.5 Å². The maximum absolute atomic E-state index is 6.94. The number of hydrogen-bond acceptors (Lipinski definition) is 0. The summed E-state index contributed by atoms with van der Waals surface area (Å²) in [5, 5.41) is 0. The Labute approximate surface area is 136 Å². The van der Waals surface area contributed by atoms with Gasteiger partial charge in [0.15, 0.2) is 0 Å². The van der Waals surface area contributed by atoms with Crippen LogP contribution in [0.4, 0.5) is 0 Å². The van der Waals surface area contributed by atoms with Crippen LogP contribution >= 0.6 is 0 Å². The standard InChI is InChI=1S/C9H13.C4H10N.2CH3.H4Si.Ti/c1-6-5-7(2)9(4)8(6)3;1-4(2,3)5;;;;/h6H,1-4H3;5H,1-3H3;2*1H3;1H4;/q4*-1;;+4. The van der Waals surface area contributed by atoms with Crippen LogP contribution in [0.3, 0.4) is 0 Å². The van der Waals surface area contributed by atoms with Crippen molar-refractivity contribution in [1.29, 1.82) is 0 Å². The van der Waals surface area contributed by atoms with E-state index in [-0.39, 0.29) is 53.1 Å². The van der Waals surface area contributed by atoms with Gasteiger partial charge >= 0.3 is 21.7 Å². The van der Waals surface area contributed by atoms with Crippen molar-refractivity contribution in [1.82, 2.24) is 0 Å². The van der Waals surface area contributed by atoms with E-state index in [1.165, 1.54) is 16.7 Å². The first-order valence-corrected chi connectivity index (χ1v) is 5.15. The van der Waals surface area contributed by atoms with Gasteiger partial charge < -0.3 is 20.6 Å². The van der Waals surface area contributed by atoms with Crippen LogP contribution in [0.1, 0.15) is 48.5 Å². The number of allylic oxidation sites excluding steroid dienone is 4. The van der Waals surface area contributed by atoms with Gasteiger partial charge in [-0.3, -0.25) is 6.08 Å². The van der Waals surface area contributed by atoms with Gasteiger partial charge in [0.2, 0.25) is 0 Å². The quantitative estimate of drug-likeness (QED) is 0.477. The van der Waals surface area contributed by atoms with Crippen molar-refractivity contribution in [2.24, 2.45) is 5.92 Å². The van der Waals surface area contributed by atoms with Crippen LogP contribution in [0.15, 0.2) is 16.7 Å². The predicted molar refractivity (Wildman–Crippen MR) is 88.2 cm³/mol. The third kappa shape index (κ3) is 14.4. The number of hydrogen-bond donors (Lipinski definition) is 0. The third-order valence-corrected chi connectivity index (χ3v) is 2.24. The van der Waals surface area contributed by atoms with Crippen LogP contribution in [0.25, 0.3) is 5.73 Å². The first-order valence-electron chi connectivity index (χ1n) is 5.15. The molecule has 0 saturated carbocycles. The Morgan fingerprint density at radius 3 is 1.39 bits per heavy atom. The predicted octanol–water partition coefficient (Wildman–Crippen LogP) is 4.01. The summed E-state index contributed by atoms with van der Waals surface area (Å²) < 4.78 is 0. The second-order valence-electron chi connectivity index (χ2n) is 5.05. The Kier molecular flexibility index (Phi) is 21.4. The van der Waals surface area contributed by atoms with Gasteiger partial charge in [0.1, 0.15) is 0 Å². The molecule has 0 amide bonds. The minimum absolute atomic E-state index is 0. The summed E-state index contributed by atoms with van der Waals surface area (Å²) in [6.07, 6.45) is 3.36. The van der Waals surface area contributed by atoms with E-state index in [2.05, 4.69) is 33.8 Å². The van der Waals surface area contributed by atoms with Crippen LogP contribution in [-0.2, 0) is 21.7 Å². The van der Waals surface area contributed by atoms with E-state index in [9.17, 15) is 0 Å². The zero-order chi connectivity index (χ0) is 11.5. The molecule has 1 atom stereocenters. The Morgan fingerprint density at radius 1 is 1.06 bits per heavy atom. The van der Waals surface area contributed by atoms with Crippen molar-refractivity contribution >= 4 is 11.0 Å². The molecule has 1 nitrogen and oxygen atoms in total. The topological polar surface area (TPSA) is 23.8 Å². The molecule has 1 unspecified atom stereocenters. The number of rotatable bonds is 0. The molecule has 0 bridgehead atoms. The second kappa shape index (κ2) is 12.4. The van der Waals surface area contributed by atoms with Crippen molar-refractivity contribution in [2.75, 3.05) is 0 Å². The molecule has 1 aliphatic carbocycles. The normalized spacial score (nSPS) is 16.9. The fraction of sp³-hybridized carbons (Fsp3) is 0.600. The van der Waals surface area contributed by atoms with Crippen LogP contribution in [0.2, 0.25) is 0 Å². The van der Waals surface area contributed by atoms with Crippen LogP contribution in [0, 0.1) is 26.8 Å². The Morgan fingerprint density at radius 2 is 1.33 bits per heavy atom. The van der Waals surface area contributed by atoms with Crippen LogP contribution in [-0.4, -0.2) is 16.5 Å². The first kappa shape index (κ1) is 31.0. The summed E-state index contributed by atoms with van der Waals surface area (Å²) >= 11 is 0. The molecule has 0 aromatic heterocycles. The molecule has 3 heteroatoms. The first-order chi connectivity index (χ1) is 6.13. The molecule has 0 saturated heterocycles. The van der Waals surface area contributed by atoms with E-state index in [1.54, 1.807) is 0 Å². The monoisotopic (exact) mass is 303 g/mol. The van der Waals surface area contributed by atoms with E-state index in [0.717, 1.165) is 0 Å². The molecule has 0 fully saturated rings. The smallest absolute Gasteiger partial charge is 0.673 e. The molecule has 1 rings (SSSR count). The molecule has 0 spiro atoms. The van der Waals surface area contributed by atoms with E-state index in [1.807, 2.05) is 20.8 Å². The number of nitrogens with one attached hydrogen (secondary N) is 1. The molecule has 0 radical (unpaired) electrons. The van der Waals surface area contributed by atoms with E-state index in [4.69, 9.17) is 5.73 Å². The maximum Gasteiger partial charge on any atom is 4.00 e. The van der Waals surface area contributed by atoms with Gasteiger partial charge in [0, 0.05) is 0 Å². The average Bonchev–Trinajstić information content (AvgIpc) is 2.14. The summed E-state index contributed by atoms with van der Waals surface area (Å²) in [5.74, 6) is 0.560. The zero-order valence-electron chi connectivity index (χ0n) is 13.1. The van der Waals surface area contributed by atoms with Crippen LogP contribution in [0.5, 0.6) is 0 Å². The summed E-state index contributed by atoms with van der Waals surface area (Å²) in [6, 6.07) is 0. The maximum atomic E-state index is 6.94. The van der Waals surface area contributed by atoms with E-state index >= 15 is 0 Å². The molecular formula is C15H33NSiTi. The van der Waals surface area contributed by atoms with Gasteiger partial charge in [-0.1, -0.05) is 47.5 Å². The van der Waals surface area contributed by atoms with Crippen molar-refractivity contribution in [2.45, 2.75) is 54.0 Å². The molecule has 0 aliphatic heterocycles. The van der Waals surface area contributed by atoms with Crippen LogP contribution < -0.4 is 0 Å². The van der Waals surface area contributed by atoms with E-state index < -0.39 is 0 Å². The Hall–Kier alpha value is 0.371. The summed E-state index contributed by atoms with van der Waals surface area (Å²) in [6.45, 7) is 14.2. The van der Waals surface area contributed by atoms with Crippen molar-refractivity contribution in [3.05, 3.63) is 43.4 Å². The fourth-order valence-corrected chi connectivity index (χ4v) is 1.16. The van der Waals surface area contributed by atoms with Gasteiger partial charge in [-0.25, -0.2) is 5.57 Å². The molecule has 0 aromatic carbocycles. The fourth-order valence-electron chi connectivity index (χ4n) is 1.16. The third-order valence-electron chi connectivity index (χ3n) is 2.24. The Balaban J connectivity index is -0.0000000567. The van der Waals surface area contributed by atoms with Gasteiger partial charge in [0.05, 0.1) is 0 Å². The van der Waals surface area contributed by atoms with Gasteiger partial charge in [0.25, 0.3) is 0 Å². The summed E-state index contributed by atoms with van der Waals surface area (Å²) in [7, 11) is 0. The molecule has 1 aliphatic rings. The molecule has 106 valence electrons. The minimum Gasteiger partial charge on any atom is -0.673 e.